The first kappa shape index (κ1) is 11.5. The quantitative estimate of drug-likeness (QED) is 0.658. The molecule has 2 atom stereocenters. The molecule has 1 aliphatic heterocycles. The average Bonchev–Trinajstić information content (AvgIpc) is 2.20. The number of morpholine rings is 1. The summed E-state index contributed by atoms with van der Waals surface area (Å²) in [6.45, 7) is 7.12. The van der Waals surface area contributed by atoms with Crippen LogP contribution in [0.5, 0.6) is 0 Å². The first-order chi connectivity index (χ1) is 6.69. The van der Waals surface area contributed by atoms with Crippen LogP contribution >= 0.6 is 0 Å². The Labute approximate surface area is 86.8 Å². The van der Waals surface area contributed by atoms with Gasteiger partial charge in [-0.3, -0.25) is 4.90 Å². The molecule has 0 aromatic carbocycles. The monoisotopic (exact) mass is 196 g/mol. The van der Waals surface area contributed by atoms with Crippen molar-refractivity contribution in [3.63, 3.8) is 0 Å². The third-order valence-electron chi connectivity index (χ3n) is 2.72. The molecular weight excluding hydrogens is 176 g/mol. The van der Waals surface area contributed by atoms with Crippen molar-refractivity contribution >= 4 is 0 Å². The zero-order valence-corrected chi connectivity index (χ0v) is 9.29. The van der Waals surface area contributed by atoms with Crippen LogP contribution in [0.15, 0.2) is 0 Å². The van der Waals surface area contributed by atoms with Gasteiger partial charge in [0.2, 0.25) is 0 Å². The normalized spacial score (nSPS) is 26.1. The van der Waals surface area contributed by atoms with Gasteiger partial charge in [-0.25, -0.2) is 0 Å². The fraction of sp³-hybridized carbons (Fsp3) is 0.818. The zero-order valence-electron chi connectivity index (χ0n) is 9.29. The van der Waals surface area contributed by atoms with Crippen molar-refractivity contribution in [2.75, 3.05) is 26.7 Å². The number of hydrogen-bond acceptors (Lipinski definition) is 3. The van der Waals surface area contributed by atoms with E-state index in [2.05, 4.69) is 30.0 Å². The minimum Gasteiger partial charge on any atom is -0.373 e. The van der Waals surface area contributed by atoms with Gasteiger partial charge in [0.05, 0.1) is 18.8 Å². The molecule has 1 fully saturated rings. The maximum absolute atomic E-state index is 5.66. The van der Waals surface area contributed by atoms with Crippen LogP contribution in [-0.4, -0.2) is 49.8 Å². The first-order valence-corrected chi connectivity index (χ1v) is 5.18. The highest BCUT2D eigenvalue weighted by atomic mass is 16.5. The van der Waals surface area contributed by atoms with E-state index in [4.69, 9.17) is 11.2 Å². The van der Waals surface area contributed by atoms with Crippen LogP contribution in [0.3, 0.4) is 0 Å². The first-order valence-electron chi connectivity index (χ1n) is 5.18. The average molecular weight is 196 g/mol. The Bertz CT molecular complexity index is 210. The number of likely N-dealkylation sites (N-methyl/N-ethyl adjacent to an activating group) is 1. The maximum Gasteiger partial charge on any atom is 0.0967 e. The van der Waals surface area contributed by atoms with Gasteiger partial charge in [-0.2, -0.15) is 0 Å². The molecule has 0 aromatic heterocycles. The highest BCUT2D eigenvalue weighted by molar-refractivity contribution is 5.04. The second-order valence-corrected chi connectivity index (χ2v) is 3.93. The number of nitrogens with one attached hydrogen (secondary N) is 1. The van der Waals surface area contributed by atoms with Crippen molar-refractivity contribution in [3.05, 3.63) is 0 Å². The van der Waals surface area contributed by atoms with Gasteiger partial charge >= 0.3 is 0 Å². The molecule has 0 saturated carbocycles. The second kappa shape index (κ2) is 5.35. The van der Waals surface area contributed by atoms with Crippen LogP contribution in [-0.2, 0) is 4.74 Å². The molecule has 1 rings (SSSR count). The fourth-order valence-corrected chi connectivity index (χ4v) is 1.74. The minimum atomic E-state index is 0.0246. The molecule has 1 N–H and O–H groups in total. The Morgan fingerprint density at radius 2 is 2.29 bits per heavy atom. The van der Waals surface area contributed by atoms with Gasteiger partial charge in [-0.1, -0.05) is 5.92 Å². The smallest absolute Gasteiger partial charge is 0.0967 e. The van der Waals surface area contributed by atoms with Crippen molar-refractivity contribution < 1.29 is 4.74 Å². The molecule has 14 heavy (non-hydrogen) atoms. The molecule has 1 heterocycles. The third-order valence-corrected chi connectivity index (χ3v) is 2.72. The molecule has 0 amide bonds. The molecule has 1 aliphatic rings. The summed E-state index contributed by atoms with van der Waals surface area (Å²) in [6.07, 6.45) is 5.55. The van der Waals surface area contributed by atoms with E-state index < -0.39 is 0 Å². The van der Waals surface area contributed by atoms with E-state index in [0.717, 1.165) is 19.7 Å². The van der Waals surface area contributed by atoms with Crippen molar-refractivity contribution in [1.29, 1.82) is 0 Å². The molecule has 0 aliphatic carbocycles. The van der Waals surface area contributed by atoms with Gasteiger partial charge < -0.3 is 10.1 Å². The molecule has 0 aromatic rings. The Balaban J connectivity index is 2.51. The van der Waals surface area contributed by atoms with Gasteiger partial charge in [0.25, 0.3) is 0 Å². The van der Waals surface area contributed by atoms with E-state index in [1.807, 2.05) is 7.05 Å². The van der Waals surface area contributed by atoms with E-state index in [1.165, 1.54) is 0 Å². The zero-order chi connectivity index (χ0) is 10.6. The summed E-state index contributed by atoms with van der Waals surface area (Å²) >= 11 is 0. The van der Waals surface area contributed by atoms with Crippen LogP contribution in [0.1, 0.15) is 13.8 Å². The number of terminal acetylenes is 1. The number of ether oxygens (including phenoxy) is 1. The lowest BCUT2D eigenvalue weighted by atomic mass is 10.1. The highest BCUT2D eigenvalue weighted by Gasteiger charge is 2.26. The number of nitrogens with zero attached hydrogens (tertiary/aromatic N) is 1. The topological polar surface area (TPSA) is 24.5 Å². The number of hydrogen-bond donors (Lipinski definition) is 1. The van der Waals surface area contributed by atoms with Gasteiger partial charge in [-0.15, -0.1) is 6.42 Å². The van der Waals surface area contributed by atoms with Crippen LogP contribution < -0.4 is 5.32 Å². The Hall–Kier alpha value is -0.560. The van der Waals surface area contributed by atoms with E-state index in [1.54, 1.807) is 0 Å². The van der Waals surface area contributed by atoms with Crippen molar-refractivity contribution in [3.8, 4) is 12.3 Å². The number of rotatable bonds is 3. The molecule has 0 radical (unpaired) electrons. The largest absolute Gasteiger partial charge is 0.373 e. The predicted octanol–water partition coefficient (Wildman–Crippen LogP) is 0.317. The fourth-order valence-electron chi connectivity index (χ4n) is 1.74. The molecule has 1 saturated heterocycles. The Morgan fingerprint density at radius 3 is 2.79 bits per heavy atom. The van der Waals surface area contributed by atoms with Gasteiger partial charge in [-0.05, 0) is 20.9 Å². The van der Waals surface area contributed by atoms with Gasteiger partial charge in [0.1, 0.15) is 0 Å². The highest BCUT2D eigenvalue weighted by Crippen LogP contribution is 2.11. The third kappa shape index (κ3) is 2.71. The summed E-state index contributed by atoms with van der Waals surface area (Å²) in [4.78, 5) is 2.40. The van der Waals surface area contributed by atoms with Crippen LogP contribution in [0.25, 0.3) is 0 Å². The SMILES string of the molecule is C#CC(NC)C1CN(C(C)C)CCO1. The molecule has 2 unspecified atom stereocenters. The van der Waals surface area contributed by atoms with E-state index in [0.29, 0.717) is 6.04 Å². The van der Waals surface area contributed by atoms with Crippen LogP contribution in [0.2, 0.25) is 0 Å². The maximum atomic E-state index is 5.66. The molecule has 80 valence electrons. The molecule has 3 heteroatoms. The summed E-state index contributed by atoms with van der Waals surface area (Å²) < 4.78 is 5.66. The lowest BCUT2D eigenvalue weighted by molar-refractivity contribution is -0.0459. The Morgan fingerprint density at radius 1 is 1.57 bits per heavy atom. The van der Waals surface area contributed by atoms with Crippen molar-refractivity contribution in [2.24, 2.45) is 0 Å². The lowest BCUT2D eigenvalue weighted by Gasteiger charge is -2.37. The van der Waals surface area contributed by atoms with E-state index in [9.17, 15) is 0 Å². The van der Waals surface area contributed by atoms with Gasteiger partial charge in [0.15, 0.2) is 0 Å². The lowest BCUT2D eigenvalue weighted by Crippen LogP contribution is -2.52. The van der Waals surface area contributed by atoms with Crippen molar-refractivity contribution in [2.45, 2.75) is 32.0 Å². The standard InChI is InChI=1S/C11H20N2O/c1-5-10(12-4)11-8-13(9(2)3)6-7-14-11/h1,9-12H,6-8H2,2-4H3. The van der Waals surface area contributed by atoms with E-state index >= 15 is 0 Å². The summed E-state index contributed by atoms with van der Waals surface area (Å²) in [6, 6.07) is 0.591. The summed E-state index contributed by atoms with van der Waals surface area (Å²) in [5.74, 6) is 2.72. The van der Waals surface area contributed by atoms with Gasteiger partial charge in [0, 0.05) is 19.1 Å². The minimum absolute atomic E-state index is 0.0246. The summed E-state index contributed by atoms with van der Waals surface area (Å²) in [5, 5.41) is 3.09. The Kier molecular flexibility index (Phi) is 4.40. The summed E-state index contributed by atoms with van der Waals surface area (Å²) in [7, 11) is 1.88. The summed E-state index contributed by atoms with van der Waals surface area (Å²) in [5.41, 5.74) is 0. The van der Waals surface area contributed by atoms with Crippen molar-refractivity contribution in [1.82, 2.24) is 10.2 Å². The molecular formula is C11H20N2O. The molecule has 3 nitrogen and oxygen atoms in total. The van der Waals surface area contributed by atoms with Crippen LogP contribution in [0.4, 0.5) is 0 Å². The molecule has 0 bridgehead atoms. The van der Waals surface area contributed by atoms with Crippen LogP contribution in [0, 0.1) is 12.3 Å². The predicted molar refractivity (Wildman–Crippen MR) is 58.1 cm³/mol. The second-order valence-electron chi connectivity index (χ2n) is 3.93. The van der Waals surface area contributed by atoms with E-state index in [-0.39, 0.29) is 12.1 Å². The molecule has 0 spiro atoms.